The maximum absolute atomic E-state index is 12.4. The normalized spacial score (nSPS) is 13.9. The molecule has 0 aromatic heterocycles. The van der Waals surface area contributed by atoms with Crippen LogP contribution in [0.5, 0.6) is 5.75 Å². The van der Waals surface area contributed by atoms with Crippen molar-refractivity contribution in [1.29, 1.82) is 5.26 Å². The molecule has 1 saturated heterocycles. The van der Waals surface area contributed by atoms with Crippen molar-refractivity contribution >= 4 is 23.4 Å². The molecule has 5 nitrogen and oxygen atoms in total. The van der Waals surface area contributed by atoms with Crippen LogP contribution in [0.1, 0.15) is 11.1 Å². The zero-order chi connectivity index (χ0) is 19.1. The lowest BCUT2D eigenvalue weighted by atomic mass is 10.2. The van der Waals surface area contributed by atoms with Gasteiger partial charge in [-0.15, -0.1) is 11.8 Å². The molecule has 0 spiro atoms. The molecule has 0 N–H and O–H groups in total. The first-order chi connectivity index (χ1) is 13.2. The second-order valence-corrected chi connectivity index (χ2v) is 7.35. The molecule has 1 amide bonds. The Morgan fingerprint density at radius 1 is 1.07 bits per heavy atom. The van der Waals surface area contributed by atoms with Crippen molar-refractivity contribution in [3.63, 3.8) is 0 Å². The lowest BCUT2D eigenvalue weighted by Crippen LogP contribution is -2.49. The Hall–Kier alpha value is -2.65. The molecule has 1 aliphatic heterocycles. The highest BCUT2D eigenvalue weighted by Gasteiger charge is 2.21. The van der Waals surface area contributed by atoms with E-state index >= 15 is 0 Å². The van der Waals surface area contributed by atoms with Gasteiger partial charge in [0.25, 0.3) is 0 Å². The monoisotopic (exact) mass is 381 g/mol. The Labute approximate surface area is 164 Å². The van der Waals surface area contributed by atoms with Crippen molar-refractivity contribution in [3.8, 4) is 11.8 Å². The van der Waals surface area contributed by atoms with Crippen molar-refractivity contribution in [2.45, 2.75) is 5.75 Å². The van der Waals surface area contributed by atoms with Crippen LogP contribution in [-0.4, -0.2) is 49.8 Å². The summed E-state index contributed by atoms with van der Waals surface area (Å²) in [5, 5.41) is 8.82. The first-order valence-electron chi connectivity index (χ1n) is 8.93. The molecule has 6 heteroatoms. The van der Waals surface area contributed by atoms with E-state index in [-0.39, 0.29) is 5.91 Å². The highest BCUT2D eigenvalue weighted by Crippen LogP contribution is 2.21. The van der Waals surface area contributed by atoms with Crippen molar-refractivity contribution in [3.05, 3.63) is 59.7 Å². The smallest absolute Gasteiger partial charge is 0.232 e. The van der Waals surface area contributed by atoms with E-state index < -0.39 is 0 Å². The number of hydrogen-bond donors (Lipinski definition) is 0. The number of ether oxygens (including phenoxy) is 1. The van der Waals surface area contributed by atoms with Gasteiger partial charge in [0.05, 0.1) is 24.5 Å². The van der Waals surface area contributed by atoms with E-state index in [0.29, 0.717) is 11.3 Å². The van der Waals surface area contributed by atoms with Gasteiger partial charge >= 0.3 is 0 Å². The van der Waals surface area contributed by atoms with Crippen LogP contribution in [0.15, 0.2) is 48.5 Å². The third kappa shape index (κ3) is 5.18. The minimum Gasteiger partial charge on any atom is -0.497 e. The molecule has 140 valence electrons. The number of carbonyl (C=O) groups is 1. The second-order valence-electron chi connectivity index (χ2n) is 6.37. The SMILES string of the molecule is COc1ccc(N2CCN(C(=O)CSCc3ccc(C#N)cc3)CC2)cc1. The predicted octanol–water partition coefficient (Wildman–Crippen LogP) is 3.15. The number of methoxy groups -OCH3 is 1. The number of hydrogen-bond acceptors (Lipinski definition) is 5. The van der Waals surface area contributed by atoms with Gasteiger partial charge in [0.15, 0.2) is 0 Å². The molecule has 1 fully saturated rings. The highest BCUT2D eigenvalue weighted by atomic mass is 32.2. The van der Waals surface area contributed by atoms with E-state index in [1.807, 2.05) is 41.3 Å². The molecule has 1 aliphatic rings. The minimum atomic E-state index is 0.197. The number of rotatable bonds is 6. The van der Waals surface area contributed by atoms with Gasteiger partial charge in [-0.05, 0) is 42.0 Å². The molecule has 27 heavy (non-hydrogen) atoms. The van der Waals surface area contributed by atoms with Crippen molar-refractivity contribution in [2.75, 3.05) is 43.9 Å². The Morgan fingerprint density at radius 2 is 1.74 bits per heavy atom. The Balaban J connectivity index is 1.41. The van der Waals surface area contributed by atoms with Gasteiger partial charge in [0.2, 0.25) is 5.91 Å². The summed E-state index contributed by atoms with van der Waals surface area (Å²) >= 11 is 1.62. The van der Waals surface area contributed by atoms with Gasteiger partial charge in [0.1, 0.15) is 5.75 Å². The van der Waals surface area contributed by atoms with Gasteiger partial charge in [-0.3, -0.25) is 4.79 Å². The summed E-state index contributed by atoms with van der Waals surface area (Å²) in [6.45, 7) is 3.20. The number of anilines is 1. The lowest BCUT2D eigenvalue weighted by Gasteiger charge is -2.36. The largest absolute Gasteiger partial charge is 0.497 e. The van der Waals surface area contributed by atoms with Gasteiger partial charge in [-0.2, -0.15) is 5.26 Å². The van der Waals surface area contributed by atoms with Crippen LogP contribution < -0.4 is 9.64 Å². The number of thioether (sulfide) groups is 1. The summed E-state index contributed by atoms with van der Waals surface area (Å²) in [6.07, 6.45) is 0. The van der Waals surface area contributed by atoms with E-state index in [1.54, 1.807) is 18.9 Å². The molecule has 1 heterocycles. The van der Waals surface area contributed by atoms with Gasteiger partial charge in [-0.25, -0.2) is 0 Å². The summed E-state index contributed by atoms with van der Waals surface area (Å²) in [5.41, 5.74) is 2.96. The molecule has 2 aromatic rings. The summed E-state index contributed by atoms with van der Waals surface area (Å²) in [6, 6.07) is 17.7. The zero-order valence-electron chi connectivity index (χ0n) is 15.4. The van der Waals surface area contributed by atoms with E-state index in [1.165, 1.54) is 0 Å². The molecule has 3 rings (SSSR count). The number of nitriles is 1. The standard InChI is InChI=1S/C21H23N3O2S/c1-26-20-8-6-19(7-9-20)23-10-12-24(13-11-23)21(25)16-27-15-18-4-2-17(14-22)3-5-18/h2-9H,10-13,15-16H2,1H3. The fourth-order valence-electron chi connectivity index (χ4n) is 3.03. The maximum Gasteiger partial charge on any atom is 0.232 e. The number of nitrogens with zero attached hydrogens (tertiary/aromatic N) is 3. The average Bonchev–Trinajstić information content (AvgIpc) is 2.74. The molecule has 2 aromatic carbocycles. The van der Waals surface area contributed by atoms with E-state index in [0.717, 1.165) is 48.9 Å². The molecular weight excluding hydrogens is 358 g/mol. The molecular formula is C21H23N3O2S. The van der Waals surface area contributed by atoms with Crippen LogP contribution in [0.25, 0.3) is 0 Å². The van der Waals surface area contributed by atoms with E-state index in [2.05, 4.69) is 23.1 Å². The molecule has 0 saturated carbocycles. The third-order valence-corrected chi connectivity index (χ3v) is 5.64. The number of carbonyl (C=O) groups excluding carboxylic acids is 1. The van der Waals surface area contributed by atoms with Crippen molar-refractivity contribution < 1.29 is 9.53 Å². The predicted molar refractivity (Wildman–Crippen MR) is 109 cm³/mol. The van der Waals surface area contributed by atoms with Crippen LogP contribution in [0.3, 0.4) is 0 Å². The quantitative estimate of drug-likeness (QED) is 0.769. The second kappa shape index (κ2) is 9.33. The highest BCUT2D eigenvalue weighted by molar-refractivity contribution is 7.99. The molecule has 0 atom stereocenters. The van der Waals surface area contributed by atoms with Crippen LogP contribution in [-0.2, 0) is 10.5 Å². The number of piperazine rings is 1. The zero-order valence-corrected chi connectivity index (χ0v) is 16.2. The fourth-order valence-corrected chi connectivity index (χ4v) is 3.92. The Bertz CT molecular complexity index is 792. The van der Waals surface area contributed by atoms with Crippen molar-refractivity contribution in [2.24, 2.45) is 0 Å². The van der Waals surface area contributed by atoms with Crippen molar-refractivity contribution in [1.82, 2.24) is 4.90 Å². The maximum atomic E-state index is 12.4. The van der Waals surface area contributed by atoms with Crippen LogP contribution in [0.4, 0.5) is 5.69 Å². The first kappa shape index (κ1) is 19.1. The third-order valence-electron chi connectivity index (χ3n) is 4.65. The van der Waals surface area contributed by atoms with E-state index in [4.69, 9.17) is 10.00 Å². The van der Waals surface area contributed by atoms with Gasteiger partial charge < -0.3 is 14.5 Å². The Morgan fingerprint density at radius 3 is 2.33 bits per heavy atom. The number of benzene rings is 2. The summed E-state index contributed by atoms with van der Waals surface area (Å²) in [7, 11) is 1.67. The van der Waals surface area contributed by atoms with E-state index in [9.17, 15) is 4.79 Å². The fraction of sp³-hybridized carbons (Fsp3) is 0.333. The van der Waals surface area contributed by atoms with Gasteiger partial charge in [-0.1, -0.05) is 12.1 Å². The molecule has 0 bridgehead atoms. The molecule has 0 radical (unpaired) electrons. The molecule has 0 aliphatic carbocycles. The Kier molecular flexibility index (Phi) is 6.61. The van der Waals surface area contributed by atoms with Crippen LogP contribution in [0, 0.1) is 11.3 Å². The summed E-state index contributed by atoms with van der Waals surface area (Å²) in [4.78, 5) is 16.7. The molecule has 0 unspecified atom stereocenters. The first-order valence-corrected chi connectivity index (χ1v) is 10.1. The average molecular weight is 382 g/mol. The van der Waals surface area contributed by atoms with Gasteiger partial charge in [0, 0.05) is 37.6 Å². The minimum absolute atomic E-state index is 0.197. The topological polar surface area (TPSA) is 56.6 Å². The summed E-state index contributed by atoms with van der Waals surface area (Å²) in [5.74, 6) is 2.32. The van der Waals surface area contributed by atoms with Crippen LogP contribution in [0.2, 0.25) is 0 Å². The van der Waals surface area contributed by atoms with Crippen LogP contribution >= 0.6 is 11.8 Å². The number of amides is 1. The summed E-state index contributed by atoms with van der Waals surface area (Å²) < 4.78 is 5.20. The lowest BCUT2D eigenvalue weighted by molar-refractivity contribution is -0.128.